The van der Waals surface area contributed by atoms with E-state index in [-0.39, 0.29) is 23.7 Å². The third-order valence-corrected chi connectivity index (χ3v) is 5.02. The Morgan fingerprint density at radius 2 is 2.04 bits per heavy atom. The van der Waals surface area contributed by atoms with E-state index in [0.717, 1.165) is 4.88 Å². The van der Waals surface area contributed by atoms with Gasteiger partial charge < -0.3 is 10.1 Å². The molecule has 3 aromatic rings. The third-order valence-electron chi connectivity index (χ3n) is 3.30. The molecule has 0 saturated heterocycles. The molecule has 0 spiro atoms. The summed E-state index contributed by atoms with van der Waals surface area (Å²) in [5, 5.41) is 12.2. The van der Waals surface area contributed by atoms with E-state index in [1.807, 2.05) is 17.5 Å². The first kappa shape index (κ1) is 19.1. The van der Waals surface area contributed by atoms with Gasteiger partial charge in [-0.05, 0) is 49.6 Å². The van der Waals surface area contributed by atoms with Crippen LogP contribution in [-0.2, 0) is 9.53 Å². The molecule has 7 nitrogen and oxygen atoms in total. The van der Waals surface area contributed by atoms with Crippen molar-refractivity contribution in [1.29, 1.82) is 0 Å². The number of ether oxygens (including phenoxy) is 1. The summed E-state index contributed by atoms with van der Waals surface area (Å²) in [4.78, 5) is 29.3. The van der Waals surface area contributed by atoms with Crippen LogP contribution in [0, 0.1) is 0 Å². The molecular formula is C18H18N4O3S2. The molecular weight excluding hydrogens is 384 g/mol. The minimum Gasteiger partial charge on any atom is -0.459 e. The zero-order chi connectivity index (χ0) is 19.2. The van der Waals surface area contributed by atoms with Crippen molar-refractivity contribution in [2.45, 2.75) is 25.1 Å². The van der Waals surface area contributed by atoms with Crippen molar-refractivity contribution in [3.63, 3.8) is 0 Å². The molecule has 1 aromatic carbocycles. The molecule has 0 aliphatic carbocycles. The summed E-state index contributed by atoms with van der Waals surface area (Å²) in [5.41, 5.74) is 1.05. The van der Waals surface area contributed by atoms with Crippen molar-refractivity contribution >= 4 is 40.7 Å². The highest BCUT2D eigenvalue weighted by molar-refractivity contribution is 7.99. The Morgan fingerprint density at radius 1 is 1.26 bits per heavy atom. The number of nitrogens with zero attached hydrogens (tertiary/aromatic N) is 2. The first-order chi connectivity index (χ1) is 13.0. The lowest BCUT2D eigenvalue weighted by atomic mass is 10.2. The number of H-pyrrole nitrogens is 1. The largest absolute Gasteiger partial charge is 0.459 e. The summed E-state index contributed by atoms with van der Waals surface area (Å²) in [6.07, 6.45) is -0.176. The van der Waals surface area contributed by atoms with Crippen molar-refractivity contribution in [2.75, 3.05) is 11.1 Å². The monoisotopic (exact) mass is 402 g/mol. The van der Waals surface area contributed by atoms with E-state index in [4.69, 9.17) is 4.74 Å². The minimum atomic E-state index is -0.385. The van der Waals surface area contributed by atoms with Crippen LogP contribution in [0.4, 0.5) is 5.69 Å². The number of amides is 1. The van der Waals surface area contributed by atoms with Gasteiger partial charge in [-0.15, -0.1) is 16.4 Å². The van der Waals surface area contributed by atoms with Gasteiger partial charge in [0.05, 0.1) is 22.3 Å². The molecule has 0 atom stereocenters. The smallest absolute Gasteiger partial charge is 0.338 e. The molecule has 0 aliphatic rings. The molecule has 0 radical (unpaired) electrons. The summed E-state index contributed by atoms with van der Waals surface area (Å²) in [6.45, 7) is 3.59. The molecule has 140 valence electrons. The van der Waals surface area contributed by atoms with Gasteiger partial charge in [0.2, 0.25) is 11.1 Å². The molecule has 0 fully saturated rings. The van der Waals surface area contributed by atoms with E-state index >= 15 is 0 Å². The first-order valence-electron chi connectivity index (χ1n) is 8.21. The molecule has 2 heterocycles. The maximum Gasteiger partial charge on any atom is 0.338 e. The average molecular weight is 403 g/mol. The lowest BCUT2D eigenvalue weighted by Crippen LogP contribution is -2.15. The van der Waals surface area contributed by atoms with Crippen LogP contribution >= 0.6 is 23.1 Å². The fraction of sp³-hybridized carbons (Fsp3) is 0.222. The Bertz CT molecular complexity index is 905. The van der Waals surface area contributed by atoms with Crippen LogP contribution < -0.4 is 5.32 Å². The molecule has 2 aromatic heterocycles. The van der Waals surface area contributed by atoms with Crippen LogP contribution in [0.1, 0.15) is 24.2 Å². The predicted molar refractivity (Wildman–Crippen MR) is 106 cm³/mol. The third kappa shape index (κ3) is 5.41. The highest BCUT2D eigenvalue weighted by atomic mass is 32.2. The number of thioether (sulfide) groups is 1. The van der Waals surface area contributed by atoms with E-state index in [2.05, 4.69) is 20.5 Å². The van der Waals surface area contributed by atoms with Gasteiger partial charge in [0.15, 0.2) is 5.82 Å². The van der Waals surface area contributed by atoms with Crippen LogP contribution in [0.25, 0.3) is 10.7 Å². The van der Waals surface area contributed by atoms with Crippen LogP contribution in [0.3, 0.4) is 0 Å². The second kappa shape index (κ2) is 8.83. The summed E-state index contributed by atoms with van der Waals surface area (Å²) >= 11 is 2.81. The van der Waals surface area contributed by atoms with E-state index in [9.17, 15) is 9.59 Å². The maximum atomic E-state index is 12.1. The van der Waals surface area contributed by atoms with Crippen LogP contribution in [0.5, 0.6) is 0 Å². The SMILES string of the molecule is CC(C)OC(=O)c1ccc(NC(=O)CSc2n[nH]c(-c3cccs3)n2)cc1. The fourth-order valence-corrected chi connectivity index (χ4v) is 3.40. The van der Waals surface area contributed by atoms with Gasteiger partial charge in [-0.3, -0.25) is 9.89 Å². The van der Waals surface area contributed by atoms with Crippen LogP contribution in [0.15, 0.2) is 46.9 Å². The topological polar surface area (TPSA) is 97.0 Å². The van der Waals surface area contributed by atoms with Gasteiger partial charge in [-0.2, -0.15) is 0 Å². The zero-order valence-electron chi connectivity index (χ0n) is 14.8. The lowest BCUT2D eigenvalue weighted by molar-refractivity contribution is -0.113. The second-order valence-corrected chi connectivity index (χ2v) is 7.70. The van der Waals surface area contributed by atoms with E-state index in [1.54, 1.807) is 49.4 Å². The number of aromatic amines is 1. The van der Waals surface area contributed by atoms with Crippen molar-refractivity contribution < 1.29 is 14.3 Å². The summed E-state index contributed by atoms with van der Waals surface area (Å²) in [5.74, 6) is 0.306. The number of benzene rings is 1. The van der Waals surface area contributed by atoms with E-state index in [1.165, 1.54) is 11.8 Å². The number of anilines is 1. The Hall–Kier alpha value is -2.65. The summed E-state index contributed by atoms with van der Waals surface area (Å²) in [7, 11) is 0. The van der Waals surface area contributed by atoms with Crippen LogP contribution in [-0.4, -0.2) is 38.9 Å². The molecule has 1 amide bonds. The second-order valence-electron chi connectivity index (χ2n) is 5.81. The van der Waals surface area contributed by atoms with Gasteiger partial charge in [0, 0.05) is 5.69 Å². The van der Waals surface area contributed by atoms with Crippen molar-refractivity contribution in [3.8, 4) is 10.7 Å². The number of nitrogens with one attached hydrogen (secondary N) is 2. The lowest BCUT2D eigenvalue weighted by Gasteiger charge is -2.08. The van der Waals surface area contributed by atoms with Crippen molar-refractivity contribution in [3.05, 3.63) is 47.3 Å². The van der Waals surface area contributed by atoms with Crippen molar-refractivity contribution in [1.82, 2.24) is 15.2 Å². The predicted octanol–water partition coefficient (Wildman–Crippen LogP) is 3.83. The molecule has 0 bridgehead atoms. The fourth-order valence-electron chi connectivity index (χ4n) is 2.13. The van der Waals surface area contributed by atoms with Gasteiger partial charge in [0.1, 0.15) is 0 Å². The number of carbonyl (C=O) groups excluding carboxylic acids is 2. The Balaban J connectivity index is 1.50. The molecule has 2 N–H and O–H groups in total. The molecule has 3 rings (SSSR count). The zero-order valence-corrected chi connectivity index (χ0v) is 16.4. The minimum absolute atomic E-state index is 0.176. The Labute approximate surface area is 164 Å². The van der Waals surface area contributed by atoms with E-state index < -0.39 is 0 Å². The number of carbonyl (C=O) groups is 2. The van der Waals surface area contributed by atoms with Gasteiger partial charge in [0.25, 0.3) is 0 Å². The van der Waals surface area contributed by atoms with Crippen LogP contribution in [0.2, 0.25) is 0 Å². The number of hydrogen-bond donors (Lipinski definition) is 2. The molecule has 0 unspecified atom stereocenters. The molecule has 9 heteroatoms. The quantitative estimate of drug-likeness (QED) is 0.460. The summed E-state index contributed by atoms with van der Waals surface area (Å²) in [6, 6.07) is 10.5. The average Bonchev–Trinajstić information content (AvgIpc) is 3.31. The van der Waals surface area contributed by atoms with Gasteiger partial charge in [-0.25, -0.2) is 9.78 Å². The summed E-state index contributed by atoms with van der Waals surface area (Å²) < 4.78 is 5.13. The molecule has 0 aliphatic heterocycles. The number of esters is 1. The normalized spacial score (nSPS) is 10.8. The number of thiophene rings is 1. The van der Waals surface area contributed by atoms with Gasteiger partial charge >= 0.3 is 5.97 Å². The number of rotatable bonds is 7. The highest BCUT2D eigenvalue weighted by Gasteiger charge is 2.11. The van der Waals surface area contributed by atoms with E-state index in [0.29, 0.717) is 22.2 Å². The highest BCUT2D eigenvalue weighted by Crippen LogP contribution is 2.23. The number of hydrogen-bond acceptors (Lipinski definition) is 7. The maximum absolute atomic E-state index is 12.1. The first-order valence-corrected chi connectivity index (χ1v) is 10.1. The Morgan fingerprint density at radius 3 is 2.70 bits per heavy atom. The van der Waals surface area contributed by atoms with Gasteiger partial charge in [-0.1, -0.05) is 17.8 Å². The number of aromatic nitrogens is 3. The molecule has 0 saturated carbocycles. The Kier molecular flexibility index (Phi) is 6.25. The standard InChI is InChI=1S/C18H18N4O3S2/c1-11(2)25-17(24)12-5-7-13(8-6-12)19-15(23)10-27-18-20-16(21-22-18)14-4-3-9-26-14/h3-9,11H,10H2,1-2H3,(H,19,23)(H,20,21,22). The van der Waals surface area contributed by atoms with Crippen molar-refractivity contribution in [2.24, 2.45) is 0 Å². The molecule has 27 heavy (non-hydrogen) atoms.